The number of benzene rings is 1. The number of likely N-dealkylation sites (tertiary alicyclic amines) is 1. The lowest BCUT2D eigenvalue weighted by molar-refractivity contribution is 0.184. The zero-order valence-electron chi connectivity index (χ0n) is 14.6. The molecule has 0 atom stereocenters. The molecule has 0 amide bonds. The van der Waals surface area contributed by atoms with Crippen LogP contribution in [0.15, 0.2) is 23.0 Å². The molecular formula is C19H27N3O. The second-order valence-electron chi connectivity index (χ2n) is 7.14. The van der Waals surface area contributed by atoms with Crippen LogP contribution in [0.5, 0.6) is 0 Å². The summed E-state index contributed by atoms with van der Waals surface area (Å²) in [5, 5.41) is 0.794. The molecule has 0 unspecified atom stereocenters. The molecular weight excluding hydrogens is 286 g/mol. The van der Waals surface area contributed by atoms with Crippen LogP contribution in [0.2, 0.25) is 0 Å². The minimum atomic E-state index is 0.179. The van der Waals surface area contributed by atoms with Crippen molar-refractivity contribution in [2.45, 2.75) is 33.2 Å². The molecule has 2 heterocycles. The van der Waals surface area contributed by atoms with E-state index in [1.807, 2.05) is 44.1 Å². The van der Waals surface area contributed by atoms with Crippen LogP contribution in [0.3, 0.4) is 0 Å². The standard InChI is InChI=1S/C19H27N3O/c1-13-7-9-22(10-8-13)12-17-14(2)20-18-6-5-15(21(3)4)11-16(18)19(17)23/h5-6,11,13H,7-10,12H2,1-4H3,(H,20,23). The van der Waals surface area contributed by atoms with Crippen LogP contribution >= 0.6 is 0 Å². The van der Waals surface area contributed by atoms with Crippen molar-refractivity contribution in [3.05, 3.63) is 39.7 Å². The normalized spacial score (nSPS) is 16.9. The van der Waals surface area contributed by atoms with Gasteiger partial charge < -0.3 is 9.88 Å². The average molecular weight is 313 g/mol. The summed E-state index contributed by atoms with van der Waals surface area (Å²) >= 11 is 0. The molecule has 1 aromatic heterocycles. The quantitative estimate of drug-likeness (QED) is 0.946. The molecule has 3 rings (SSSR count). The fraction of sp³-hybridized carbons (Fsp3) is 0.526. The fourth-order valence-corrected chi connectivity index (χ4v) is 3.35. The Hall–Kier alpha value is -1.81. The lowest BCUT2D eigenvalue weighted by Crippen LogP contribution is -2.34. The maximum atomic E-state index is 13.0. The van der Waals surface area contributed by atoms with Gasteiger partial charge in [-0.2, -0.15) is 0 Å². The monoisotopic (exact) mass is 313 g/mol. The van der Waals surface area contributed by atoms with E-state index in [2.05, 4.69) is 16.8 Å². The second-order valence-corrected chi connectivity index (χ2v) is 7.14. The van der Waals surface area contributed by atoms with Gasteiger partial charge in [-0.25, -0.2) is 0 Å². The second kappa shape index (κ2) is 6.36. The van der Waals surface area contributed by atoms with Crippen molar-refractivity contribution in [3.8, 4) is 0 Å². The number of hydrogen-bond donors (Lipinski definition) is 1. The van der Waals surface area contributed by atoms with Gasteiger partial charge >= 0.3 is 0 Å². The highest BCUT2D eigenvalue weighted by molar-refractivity contribution is 5.83. The maximum absolute atomic E-state index is 13.0. The highest BCUT2D eigenvalue weighted by atomic mass is 16.1. The van der Waals surface area contributed by atoms with Crippen LogP contribution in [-0.4, -0.2) is 37.1 Å². The molecule has 4 heteroatoms. The van der Waals surface area contributed by atoms with Crippen molar-refractivity contribution in [1.82, 2.24) is 9.88 Å². The Morgan fingerprint density at radius 2 is 1.96 bits per heavy atom. The Labute approximate surface area is 138 Å². The van der Waals surface area contributed by atoms with Crippen molar-refractivity contribution in [2.24, 2.45) is 5.92 Å². The SMILES string of the molecule is Cc1[nH]c2ccc(N(C)C)cc2c(=O)c1CN1CCC(C)CC1. The van der Waals surface area contributed by atoms with Crippen molar-refractivity contribution in [2.75, 3.05) is 32.1 Å². The molecule has 1 aromatic carbocycles. The topological polar surface area (TPSA) is 39.3 Å². The number of nitrogens with zero attached hydrogens (tertiary/aromatic N) is 2. The number of pyridine rings is 1. The molecule has 0 aliphatic carbocycles. The highest BCUT2D eigenvalue weighted by Crippen LogP contribution is 2.21. The predicted molar refractivity (Wildman–Crippen MR) is 97.3 cm³/mol. The number of piperidine rings is 1. The first-order valence-corrected chi connectivity index (χ1v) is 8.51. The number of fused-ring (bicyclic) bond motifs is 1. The highest BCUT2D eigenvalue weighted by Gasteiger charge is 2.18. The van der Waals surface area contributed by atoms with Gasteiger partial charge in [0.15, 0.2) is 5.43 Å². The summed E-state index contributed by atoms with van der Waals surface area (Å²) in [6.07, 6.45) is 2.46. The number of aromatic amines is 1. The van der Waals surface area contributed by atoms with Gasteiger partial charge in [-0.15, -0.1) is 0 Å². The molecule has 0 bridgehead atoms. The molecule has 1 aliphatic heterocycles. The molecule has 0 spiro atoms. The molecule has 124 valence electrons. The van der Waals surface area contributed by atoms with Crippen LogP contribution in [-0.2, 0) is 6.54 Å². The van der Waals surface area contributed by atoms with Crippen LogP contribution in [0.4, 0.5) is 5.69 Å². The lowest BCUT2D eigenvalue weighted by atomic mass is 9.98. The number of aryl methyl sites for hydroxylation is 1. The van der Waals surface area contributed by atoms with E-state index in [1.165, 1.54) is 12.8 Å². The van der Waals surface area contributed by atoms with Gasteiger partial charge in [0.25, 0.3) is 0 Å². The maximum Gasteiger partial charge on any atom is 0.194 e. The van der Waals surface area contributed by atoms with Crippen molar-refractivity contribution in [3.63, 3.8) is 0 Å². The molecule has 1 aliphatic rings. The Morgan fingerprint density at radius 3 is 2.61 bits per heavy atom. The van der Waals surface area contributed by atoms with Crippen LogP contribution in [0, 0.1) is 12.8 Å². The summed E-state index contributed by atoms with van der Waals surface area (Å²) in [6, 6.07) is 6.05. The van der Waals surface area contributed by atoms with Gasteiger partial charge in [0, 0.05) is 48.5 Å². The van der Waals surface area contributed by atoms with Gasteiger partial charge in [-0.1, -0.05) is 6.92 Å². The molecule has 1 saturated heterocycles. The summed E-state index contributed by atoms with van der Waals surface area (Å²) in [6.45, 7) is 7.28. The van der Waals surface area contributed by atoms with E-state index in [4.69, 9.17) is 0 Å². The smallest absolute Gasteiger partial charge is 0.194 e. The largest absolute Gasteiger partial charge is 0.378 e. The van der Waals surface area contributed by atoms with E-state index in [9.17, 15) is 4.79 Å². The van der Waals surface area contributed by atoms with Gasteiger partial charge in [0.05, 0.1) is 0 Å². The zero-order valence-corrected chi connectivity index (χ0v) is 14.6. The van der Waals surface area contributed by atoms with E-state index >= 15 is 0 Å². The summed E-state index contributed by atoms with van der Waals surface area (Å²) in [5.74, 6) is 0.810. The number of H-pyrrole nitrogens is 1. The van der Waals surface area contributed by atoms with E-state index in [-0.39, 0.29) is 5.43 Å². The minimum absolute atomic E-state index is 0.179. The molecule has 4 nitrogen and oxygen atoms in total. The van der Waals surface area contributed by atoms with Crippen molar-refractivity contribution >= 4 is 16.6 Å². The average Bonchev–Trinajstić information content (AvgIpc) is 2.53. The number of hydrogen-bond acceptors (Lipinski definition) is 3. The van der Waals surface area contributed by atoms with Crippen molar-refractivity contribution < 1.29 is 0 Å². The first-order chi connectivity index (χ1) is 11.0. The number of anilines is 1. The summed E-state index contributed by atoms with van der Waals surface area (Å²) in [4.78, 5) is 20.9. The summed E-state index contributed by atoms with van der Waals surface area (Å²) < 4.78 is 0. The summed E-state index contributed by atoms with van der Waals surface area (Å²) in [5.41, 5.74) is 4.08. The van der Waals surface area contributed by atoms with Crippen molar-refractivity contribution in [1.29, 1.82) is 0 Å². The Balaban J connectivity index is 1.98. The third kappa shape index (κ3) is 3.27. The fourth-order valence-electron chi connectivity index (χ4n) is 3.35. The number of aromatic nitrogens is 1. The number of nitrogens with one attached hydrogen (secondary N) is 1. The van der Waals surface area contributed by atoms with Crippen LogP contribution < -0.4 is 10.3 Å². The summed E-state index contributed by atoms with van der Waals surface area (Å²) in [7, 11) is 4.00. The van der Waals surface area contributed by atoms with Gasteiger partial charge in [0.1, 0.15) is 0 Å². The zero-order chi connectivity index (χ0) is 16.6. The van der Waals surface area contributed by atoms with Crippen LogP contribution in [0.25, 0.3) is 10.9 Å². The lowest BCUT2D eigenvalue weighted by Gasteiger charge is -2.30. The molecule has 0 saturated carbocycles. The van der Waals surface area contributed by atoms with Crippen LogP contribution in [0.1, 0.15) is 31.0 Å². The predicted octanol–water partition coefficient (Wildman–Crippen LogP) is 3.13. The molecule has 23 heavy (non-hydrogen) atoms. The van der Waals surface area contributed by atoms with E-state index in [0.29, 0.717) is 0 Å². The Bertz CT molecular complexity index is 755. The molecule has 1 fully saturated rings. The van der Waals surface area contributed by atoms with Gasteiger partial charge in [-0.05, 0) is 57.0 Å². The van der Waals surface area contributed by atoms with E-state index in [0.717, 1.165) is 53.4 Å². The Kier molecular flexibility index (Phi) is 4.44. The third-order valence-corrected chi connectivity index (χ3v) is 5.07. The third-order valence-electron chi connectivity index (χ3n) is 5.07. The molecule has 2 aromatic rings. The minimum Gasteiger partial charge on any atom is -0.378 e. The molecule has 1 N–H and O–H groups in total. The Morgan fingerprint density at radius 1 is 1.26 bits per heavy atom. The van der Waals surface area contributed by atoms with Gasteiger partial charge in [0.2, 0.25) is 0 Å². The van der Waals surface area contributed by atoms with Gasteiger partial charge in [-0.3, -0.25) is 9.69 Å². The van der Waals surface area contributed by atoms with E-state index in [1.54, 1.807) is 0 Å². The number of rotatable bonds is 3. The first kappa shape index (κ1) is 16.1. The molecule has 0 radical (unpaired) electrons. The van der Waals surface area contributed by atoms with E-state index < -0.39 is 0 Å². The first-order valence-electron chi connectivity index (χ1n) is 8.51.